The standard InChI is InChI=1S/C22H16F13NO3/c1-38-12-8-7-11(15(9-12)39-2)10-36-16(37)13-5-3-4-6-14(13)17(23,24)18(25,26)19(27,28)20(29,30)21(31,32)22(33,34)35/h3-9H,10H2,1-2H3,(H,36,37). The Kier molecular flexibility index (Phi) is 8.40. The molecule has 0 aliphatic heterocycles. The average molecular weight is 589 g/mol. The van der Waals surface area contributed by atoms with E-state index in [1.54, 1.807) is 0 Å². The lowest BCUT2D eigenvalue weighted by Gasteiger charge is -2.40. The minimum atomic E-state index is -8.05. The van der Waals surface area contributed by atoms with E-state index in [0.29, 0.717) is 12.1 Å². The number of rotatable bonds is 10. The molecule has 0 atom stereocenters. The summed E-state index contributed by atoms with van der Waals surface area (Å²) in [7, 11) is 2.49. The molecular formula is C22H16F13NO3. The second-order valence-corrected chi connectivity index (χ2v) is 7.78. The van der Waals surface area contributed by atoms with Crippen LogP contribution in [-0.4, -0.2) is 50.0 Å². The Morgan fingerprint density at radius 2 is 1.26 bits per heavy atom. The summed E-state index contributed by atoms with van der Waals surface area (Å²) < 4.78 is 186. The minimum Gasteiger partial charge on any atom is -0.497 e. The summed E-state index contributed by atoms with van der Waals surface area (Å²) in [4.78, 5) is 12.5. The van der Waals surface area contributed by atoms with E-state index in [-0.39, 0.29) is 23.1 Å². The van der Waals surface area contributed by atoms with E-state index in [1.807, 2.05) is 5.32 Å². The van der Waals surface area contributed by atoms with Crippen LogP contribution in [0.15, 0.2) is 42.5 Å². The molecule has 0 aliphatic carbocycles. The van der Waals surface area contributed by atoms with Crippen molar-refractivity contribution >= 4 is 5.91 Å². The Labute approximate surface area is 210 Å². The molecule has 0 bridgehead atoms. The van der Waals surface area contributed by atoms with E-state index in [0.717, 1.165) is 6.07 Å². The van der Waals surface area contributed by atoms with Crippen LogP contribution < -0.4 is 14.8 Å². The van der Waals surface area contributed by atoms with Crippen LogP contribution in [0.5, 0.6) is 11.5 Å². The Bertz CT molecular complexity index is 1200. The molecule has 39 heavy (non-hydrogen) atoms. The van der Waals surface area contributed by atoms with Gasteiger partial charge in [-0.25, -0.2) is 0 Å². The van der Waals surface area contributed by atoms with Gasteiger partial charge in [0.05, 0.1) is 14.2 Å². The van der Waals surface area contributed by atoms with Gasteiger partial charge in [0.2, 0.25) is 0 Å². The lowest BCUT2D eigenvalue weighted by molar-refractivity contribution is -0.441. The summed E-state index contributed by atoms with van der Waals surface area (Å²) in [6.45, 7) is -0.561. The zero-order valence-corrected chi connectivity index (χ0v) is 19.4. The number of alkyl halides is 13. The van der Waals surface area contributed by atoms with Gasteiger partial charge >= 0.3 is 35.8 Å². The number of ether oxygens (including phenoxy) is 2. The highest BCUT2D eigenvalue weighted by Crippen LogP contribution is 2.62. The zero-order chi connectivity index (χ0) is 30.2. The van der Waals surface area contributed by atoms with Gasteiger partial charge in [-0.1, -0.05) is 18.2 Å². The molecule has 2 rings (SSSR count). The summed E-state index contributed by atoms with van der Waals surface area (Å²) in [5.41, 5.74) is -3.71. The molecule has 0 saturated carbocycles. The van der Waals surface area contributed by atoms with Crippen molar-refractivity contribution in [3.63, 3.8) is 0 Å². The Balaban J connectivity index is 2.50. The molecule has 0 aromatic heterocycles. The summed E-state index contributed by atoms with van der Waals surface area (Å²) in [5.74, 6) is -39.3. The number of carbonyl (C=O) groups excluding carboxylic acids is 1. The predicted molar refractivity (Wildman–Crippen MR) is 107 cm³/mol. The third-order valence-corrected chi connectivity index (χ3v) is 5.38. The van der Waals surface area contributed by atoms with Crippen LogP contribution in [0.2, 0.25) is 0 Å². The van der Waals surface area contributed by atoms with Crippen LogP contribution in [0.3, 0.4) is 0 Å². The maximum atomic E-state index is 14.7. The fraction of sp³-hybridized carbons (Fsp3) is 0.409. The molecule has 0 radical (unpaired) electrons. The summed E-state index contributed by atoms with van der Waals surface area (Å²) >= 11 is 0. The van der Waals surface area contributed by atoms with Gasteiger partial charge in [0.25, 0.3) is 5.91 Å². The van der Waals surface area contributed by atoms with Crippen LogP contribution in [0.25, 0.3) is 0 Å². The van der Waals surface area contributed by atoms with E-state index in [9.17, 15) is 61.9 Å². The normalized spacial score (nSPS) is 13.7. The molecule has 0 spiro atoms. The van der Waals surface area contributed by atoms with Gasteiger partial charge in [-0.15, -0.1) is 0 Å². The lowest BCUT2D eigenvalue weighted by Crippen LogP contribution is -2.69. The quantitative estimate of drug-likeness (QED) is 0.309. The van der Waals surface area contributed by atoms with Gasteiger partial charge in [0.15, 0.2) is 0 Å². The fourth-order valence-electron chi connectivity index (χ4n) is 3.16. The van der Waals surface area contributed by atoms with Crippen molar-refractivity contribution in [3.8, 4) is 11.5 Å². The predicted octanol–water partition coefficient (Wildman–Crippen LogP) is 6.83. The first-order chi connectivity index (χ1) is 17.6. The first-order valence-electron chi connectivity index (χ1n) is 10.2. The molecule has 1 N–H and O–H groups in total. The highest BCUT2D eigenvalue weighted by Gasteiger charge is 2.91. The van der Waals surface area contributed by atoms with Gasteiger partial charge < -0.3 is 14.8 Å². The van der Waals surface area contributed by atoms with Crippen LogP contribution in [0.1, 0.15) is 21.5 Å². The Morgan fingerprint density at radius 3 is 1.77 bits per heavy atom. The molecule has 218 valence electrons. The maximum absolute atomic E-state index is 14.7. The van der Waals surface area contributed by atoms with Gasteiger partial charge in [0.1, 0.15) is 11.5 Å². The monoisotopic (exact) mass is 589 g/mol. The number of methoxy groups -OCH3 is 2. The molecule has 0 unspecified atom stereocenters. The summed E-state index contributed by atoms with van der Waals surface area (Å²) in [5, 5.41) is 1.96. The fourth-order valence-corrected chi connectivity index (χ4v) is 3.16. The summed E-state index contributed by atoms with van der Waals surface area (Å²) in [6, 6.07) is 5.53. The van der Waals surface area contributed by atoms with Crippen molar-refractivity contribution in [2.45, 2.75) is 42.3 Å². The van der Waals surface area contributed by atoms with E-state index in [1.165, 1.54) is 32.4 Å². The molecule has 0 aliphatic rings. The average Bonchev–Trinajstić information content (AvgIpc) is 2.85. The highest BCUT2D eigenvalue weighted by atomic mass is 19.4. The third kappa shape index (κ3) is 5.14. The van der Waals surface area contributed by atoms with Crippen LogP contribution in [0.4, 0.5) is 57.1 Å². The molecular weight excluding hydrogens is 573 g/mol. The largest absolute Gasteiger partial charge is 0.497 e. The van der Waals surface area contributed by atoms with Crippen molar-refractivity contribution in [1.29, 1.82) is 0 Å². The molecule has 1 amide bonds. The lowest BCUT2D eigenvalue weighted by atomic mass is 9.88. The number of nitrogens with one attached hydrogen (secondary N) is 1. The van der Waals surface area contributed by atoms with Crippen molar-refractivity contribution in [3.05, 3.63) is 59.2 Å². The van der Waals surface area contributed by atoms with Crippen LogP contribution >= 0.6 is 0 Å². The molecule has 2 aromatic rings. The number of hydrogen-bond acceptors (Lipinski definition) is 3. The first kappa shape index (κ1) is 31.8. The SMILES string of the molecule is COc1ccc(CNC(=O)c2ccccc2C(F)(F)C(F)(F)C(F)(F)C(F)(F)C(F)(F)C(F)(F)F)c(OC)c1. The maximum Gasteiger partial charge on any atom is 0.460 e. The Hall–Kier alpha value is -3.40. The summed E-state index contributed by atoms with van der Waals surface area (Å²) in [6.07, 6.45) is -7.52. The molecule has 4 nitrogen and oxygen atoms in total. The number of amides is 1. The van der Waals surface area contributed by atoms with Crippen molar-refractivity contribution in [2.75, 3.05) is 14.2 Å². The topological polar surface area (TPSA) is 47.6 Å². The van der Waals surface area contributed by atoms with Gasteiger partial charge in [-0.2, -0.15) is 57.1 Å². The molecule has 17 heteroatoms. The van der Waals surface area contributed by atoms with Crippen molar-refractivity contribution < 1.29 is 71.3 Å². The minimum absolute atomic E-state index is 0.0762. The first-order valence-corrected chi connectivity index (χ1v) is 10.2. The van der Waals surface area contributed by atoms with Crippen LogP contribution in [-0.2, 0) is 12.5 Å². The smallest absolute Gasteiger partial charge is 0.460 e. The number of halogens is 13. The van der Waals surface area contributed by atoms with E-state index in [2.05, 4.69) is 0 Å². The van der Waals surface area contributed by atoms with Crippen LogP contribution in [0, 0.1) is 0 Å². The Morgan fingerprint density at radius 1 is 0.718 bits per heavy atom. The van der Waals surface area contributed by atoms with Gasteiger partial charge in [-0.05, 0) is 18.2 Å². The van der Waals surface area contributed by atoms with Gasteiger partial charge in [0, 0.05) is 29.3 Å². The number of benzene rings is 2. The molecule has 0 saturated heterocycles. The number of carbonyl (C=O) groups is 1. The second-order valence-electron chi connectivity index (χ2n) is 7.78. The van der Waals surface area contributed by atoms with E-state index < -0.39 is 59.4 Å². The zero-order valence-electron chi connectivity index (χ0n) is 19.4. The molecule has 0 fully saturated rings. The molecule has 0 heterocycles. The molecule has 2 aromatic carbocycles. The van der Waals surface area contributed by atoms with E-state index in [4.69, 9.17) is 9.47 Å². The van der Waals surface area contributed by atoms with E-state index >= 15 is 0 Å². The number of hydrogen-bond donors (Lipinski definition) is 1. The van der Waals surface area contributed by atoms with Gasteiger partial charge in [-0.3, -0.25) is 4.79 Å². The third-order valence-electron chi connectivity index (χ3n) is 5.38. The van der Waals surface area contributed by atoms with Crippen molar-refractivity contribution in [1.82, 2.24) is 5.32 Å². The highest BCUT2D eigenvalue weighted by molar-refractivity contribution is 5.96. The van der Waals surface area contributed by atoms with Crippen molar-refractivity contribution in [2.24, 2.45) is 0 Å². The second kappa shape index (κ2) is 10.3.